The molecule has 1 unspecified atom stereocenters. The van der Waals surface area contributed by atoms with Crippen LogP contribution in [0.4, 0.5) is 0 Å². The Hall–Kier alpha value is -7.17. The van der Waals surface area contributed by atoms with Gasteiger partial charge in [0, 0.05) is 16.7 Å². The number of nitrogens with zero attached hydrogens (tertiary/aromatic N) is 3. The zero-order valence-corrected chi connectivity index (χ0v) is 30.8. The summed E-state index contributed by atoms with van der Waals surface area (Å²) in [6.07, 6.45) is 9.98. The van der Waals surface area contributed by atoms with Crippen LogP contribution in [-0.4, -0.2) is 15.0 Å². The van der Waals surface area contributed by atoms with Gasteiger partial charge in [0.15, 0.2) is 17.5 Å². The molecule has 1 heterocycles. The molecule has 1 aliphatic rings. The lowest BCUT2D eigenvalue weighted by molar-refractivity contribution is 0.448. The van der Waals surface area contributed by atoms with Gasteiger partial charge in [-0.25, -0.2) is 15.0 Å². The molecule has 56 heavy (non-hydrogen) atoms. The van der Waals surface area contributed by atoms with Gasteiger partial charge in [-0.1, -0.05) is 182 Å². The van der Waals surface area contributed by atoms with Crippen LogP contribution >= 0.6 is 0 Å². The van der Waals surface area contributed by atoms with E-state index in [1.807, 2.05) is 97.1 Å². The van der Waals surface area contributed by atoms with Crippen molar-refractivity contribution in [3.63, 3.8) is 0 Å². The number of aromatic nitrogens is 3. The van der Waals surface area contributed by atoms with Crippen LogP contribution < -0.4 is 4.74 Å². The Labute approximate surface area is 328 Å². The largest absolute Gasteiger partial charge is 0.457 e. The monoisotopic (exact) mass is 721 g/mol. The summed E-state index contributed by atoms with van der Waals surface area (Å²) >= 11 is 0. The fourth-order valence-electron chi connectivity index (χ4n) is 7.83. The summed E-state index contributed by atoms with van der Waals surface area (Å²) in [4.78, 5) is 14.5. The maximum atomic E-state index is 6.31. The van der Waals surface area contributed by atoms with Crippen LogP contribution in [0.5, 0.6) is 11.5 Å². The second-order valence-electron chi connectivity index (χ2n) is 14.0. The fraction of sp³-hybridized carbons (Fsp3) is 0.0577. The number of hydrogen-bond acceptors (Lipinski definition) is 4. The van der Waals surface area contributed by atoms with E-state index in [1.54, 1.807) is 0 Å². The molecule has 0 bridgehead atoms. The minimum atomic E-state index is -0.340. The average Bonchev–Trinajstić information content (AvgIpc) is 3.29. The Kier molecular flexibility index (Phi) is 9.68. The van der Waals surface area contributed by atoms with E-state index in [2.05, 4.69) is 121 Å². The third kappa shape index (κ3) is 6.97. The molecule has 1 aliphatic carbocycles. The van der Waals surface area contributed by atoms with Crippen LogP contribution in [0.1, 0.15) is 23.1 Å². The average molecular weight is 722 g/mol. The molecule has 268 valence electrons. The minimum Gasteiger partial charge on any atom is -0.457 e. The molecule has 0 aliphatic heterocycles. The molecule has 7 aromatic carbocycles. The van der Waals surface area contributed by atoms with Gasteiger partial charge in [0.2, 0.25) is 0 Å². The first-order valence-corrected chi connectivity index (χ1v) is 19.0. The van der Waals surface area contributed by atoms with E-state index in [4.69, 9.17) is 19.7 Å². The molecule has 8 aromatic rings. The fourth-order valence-corrected chi connectivity index (χ4v) is 7.83. The number of ether oxygens (including phenoxy) is 1. The molecule has 4 nitrogen and oxygen atoms in total. The second kappa shape index (κ2) is 15.7. The van der Waals surface area contributed by atoms with Crippen molar-refractivity contribution in [2.75, 3.05) is 0 Å². The zero-order chi connectivity index (χ0) is 37.6. The number of hydrogen-bond donors (Lipinski definition) is 0. The normalized spacial score (nSPS) is 13.7. The van der Waals surface area contributed by atoms with Crippen LogP contribution in [0.3, 0.4) is 0 Å². The van der Waals surface area contributed by atoms with Crippen molar-refractivity contribution < 1.29 is 4.74 Å². The number of rotatable bonds is 10. The topological polar surface area (TPSA) is 47.9 Å². The molecular weight excluding hydrogens is 683 g/mol. The molecule has 1 aromatic heterocycles. The van der Waals surface area contributed by atoms with E-state index < -0.39 is 0 Å². The molecule has 0 radical (unpaired) electrons. The van der Waals surface area contributed by atoms with Gasteiger partial charge in [-0.05, 0) is 76.6 Å². The smallest absolute Gasteiger partial charge is 0.164 e. The van der Waals surface area contributed by atoms with Gasteiger partial charge in [0.1, 0.15) is 11.5 Å². The van der Waals surface area contributed by atoms with Crippen LogP contribution in [-0.2, 0) is 5.41 Å². The summed E-state index contributed by atoms with van der Waals surface area (Å²) in [5.74, 6) is 3.64. The molecule has 0 N–H and O–H groups in total. The SMILES string of the molecule is C1=CCC(C(c2ccccc2)(c2ccccc2)c2ccc(-c3ccc(Oc4ccc(-c5nc(-c6ccccc6)nc(-c6ccccc6)n5)cc4)cc3)cc2)C=C1. The van der Waals surface area contributed by atoms with Gasteiger partial charge >= 0.3 is 0 Å². The van der Waals surface area contributed by atoms with Crippen molar-refractivity contribution in [2.45, 2.75) is 11.8 Å². The first-order valence-electron chi connectivity index (χ1n) is 19.0. The van der Waals surface area contributed by atoms with Crippen molar-refractivity contribution in [3.05, 3.63) is 235 Å². The van der Waals surface area contributed by atoms with Gasteiger partial charge < -0.3 is 4.74 Å². The molecule has 0 amide bonds. The Morgan fingerprint density at radius 1 is 0.375 bits per heavy atom. The van der Waals surface area contributed by atoms with Crippen LogP contribution in [0.25, 0.3) is 45.3 Å². The molecule has 0 fully saturated rings. The standard InChI is InChI=1S/C52H39N3O/c1-6-16-40(17-7-1)49-53-50(41-18-8-2-9-19-41)55-51(54-49)42-30-36-48(37-31-42)56-47-34-28-39(29-35-47)38-26-32-46(33-27-38)52(43-20-10-3-11-21-43,44-22-12-4-13-23-44)45-24-14-5-15-25-45/h1-24,26-37,45H,25H2. The lowest BCUT2D eigenvalue weighted by atomic mass is 9.60. The van der Waals surface area contributed by atoms with Gasteiger partial charge in [0.25, 0.3) is 0 Å². The van der Waals surface area contributed by atoms with Gasteiger partial charge in [-0.15, -0.1) is 0 Å². The molecule has 0 spiro atoms. The predicted molar refractivity (Wildman–Crippen MR) is 227 cm³/mol. The van der Waals surface area contributed by atoms with Gasteiger partial charge in [0.05, 0.1) is 5.41 Å². The first-order chi connectivity index (χ1) is 27.7. The third-order valence-corrected chi connectivity index (χ3v) is 10.6. The lowest BCUT2D eigenvalue weighted by Gasteiger charge is -2.42. The second-order valence-corrected chi connectivity index (χ2v) is 14.0. The van der Waals surface area contributed by atoms with Crippen LogP contribution in [0.2, 0.25) is 0 Å². The van der Waals surface area contributed by atoms with Crippen molar-refractivity contribution in [2.24, 2.45) is 5.92 Å². The van der Waals surface area contributed by atoms with Gasteiger partial charge in [-0.3, -0.25) is 0 Å². The number of benzene rings is 7. The van der Waals surface area contributed by atoms with Crippen molar-refractivity contribution in [1.29, 1.82) is 0 Å². The third-order valence-electron chi connectivity index (χ3n) is 10.6. The van der Waals surface area contributed by atoms with Crippen molar-refractivity contribution >= 4 is 0 Å². The highest BCUT2D eigenvalue weighted by molar-refractivity contribution is 5.68. The van der Waals surface area contributed by atoms with Gasteiger partial charge in [-0.2, -0.15) is 0 Å². The van der Waals surface area contributed by atoms with Crippen molar-refractivity contribution in [3.8, 4) is 56.8 Å². The molecule has 4 heteroatoms. The molecular formula is C52H39N3O. The van der Waals surface area contributed by atoms with Crippen LogP contribution in [0.15, 0.2) is 218 Å². The summed E-state index contributed by atoms with van der Waals surface area (Å²) in [6.45, 7) is 0. The summed E-state index contributed by atoms with van der Waals surface area (Å²) in [5.41, 5.74) is 8.56. The Morgan fingerprint density at radius 2 is 0.750 bits per heavy atom. The van der Waals surface area contributed by atoms with E-state index >= 15 is 0 Å². The summed E-state index contributed by atoms with van der Waals surface area (Å²) < 4.78 is 6.31. The predicted octanol–water partition coefficient (Wildman–Crippen LogP) is 12.8. The lowest BCUT2D eigenvalue weighted by Crippen LogP contribution is -2.37. The minimum absolute atomic E-state index is 0.268. The maximum absolute atomic E-state index is 6.31. The van der Waals surface area contributed by atoms with E-state index in [-0.39, 0.29) is 11.3 Å². The molecule has 9 rings (SSSR count). The highest BCUT2D eigenvalue weighted by atomic mass is 16.5. The van der Waals surface area contributed by atoms with E-state index in [0.29, 0.717) is 17.5 Å². The zero-order valence-electron chi connectivity index (χ0n) is 30.8. The Morgan fingerprint density at radius 3 is 1.18 bits per heavy atom. The Bertz CT molecular complexity index is 2490. The molecule has 0 saturated carbocycles. The van der Waals surface area contributed by atoms with Crippen molar-refractivity contribution in [1.82, 2.24) is 15.0 Å². The summed E-state index contributed by atoms with van der Waals surface area (Å²) in [5, 5.41) is 0. The van der Waals surface area contributed by atoms with E-state index in [9.17, 15) is 0 Å². The summed E-state index contributed by atoms with van der Waals surface area (Å²) in [7, 11) is 0. The summed E-state index contributed by atoms with van der Waals surface area (Å²) in [6, 6.07) is 67.2. The maximum Gasteiger partial charge on any atom is 0.164 e. The van der Waals surface area contributed by atoms with E-state index in [1.165, 1.54) is 16.7 Å². The molecule has 0 saturated heterocycles. The van der Waals surface area contributed by atoms with Crippen LogP contribution in [0, 0.1) is 5.92 Å². The Balaban J connectivity index is 0.964. The molecule has 1 atom stereocenters. The number of allylic oxidation sites excluding steroid dienone is 4. The quantitative estimate of drug-likeness (QED) is 0.132. The first kappa shape index (κ1) is 34.6. The van der Waals surface area contributed by atoms with E-state index in [0.717, 1.165) is 45.7 Å². The highest BCUT2D eigenvalue weighted by Crippen LogP contribution is 2.48. The highest BCUT2D eigenvalue weighted by Gasteiger charge is 2.42.